The number of amides is 1. The summed E-state index contributed by atoms with van der Waals surface area (Å²) in [6.45, 7) is 3.65. The third-order valence-electron chi connectivity index (χ3n) is 4.53. The first-order chi connectivity index (χ1) is 12.9. The average molecular weight is 388 g/mol. The molecule has 0 aliphatic carbocycles. The fourth-order valence-corrected chi connectivity index (χ4v) is 3.47. The van der Waals surface area contributed by atoms with Crippen LogP contribution < -0.4 is 5.32 Å². The van der Waals surface area contributed by atoms with E-state index in [-0.39, 0.29) is 35.1 Å². The molecule has 1 atom stereocenters. The predicted octanol–water partition coefficient (Wildman–Crippen LogP) is 4.41. The van der Waals surface area contributed by atoms with Crippen molar-refractivity contribution < 1.29 is 18.7 Å². The van der Waals surface area contributed by atoms with Crippen LogP contribution in [0, 0.1) is 12.7 Å². The van der Waals surface area contributed by atoms with E-state index in [9.17, 15) is 14.0 Å². The van der Waals surface area contributed by atoms with Crippen LogP contribution >= 0.6 is 11.6 Å². The summed E-state index contributed by atoms with van der Waals surface area (Å²) in [5.74, 6) is -2.25. The number of allylic oxidation sites excluding steroid dienone is 1. The van der Waals surface area contributed by atoms with Crippen LogP contribution in [-0.2, 0) is 20.9 Å². The number of carbonyl (C=O) groups excluding carboxylic acids is 2. The number of hydrogen-bond acceptors (Lipinski definition) is 3. The molecule has 1 aliphatic heterocycles. The van der Waals surface area contributed by atoms with Gasteiger partial charge in [-0.05, 0) is 31.5 Å². The molecular weight excluding hydrogens is 369 g/mol. The molecular formula is C21H19ClFNO3. The lowest BCUT2D eigenvalue weighted by atomic mass is 9.84. The molecule has 1 unspecified atom stereocenters. The van der Waals surface area contributed by atoms with Gasteiger partial charge in [-0.2, -0.15) is 0 Å². The number of esters is 1. The monoisotopic (exact) mass is 387 g/mol. The molecule has 0 saturated carbocycles. The number of halogens is 2. The lowest BCUT2D eigenvalue weighted by molar-refractivity contribution is -0.141. The van der Waals surface area contributed by atoms with Gasteiger partial charge in [0.2, 0.25) is 5.91 Å². The quantitative estimate of drug-likeness (QED) is 0.790. The minimum Gasteiger partial charge on any atom is -0.457 e. The van der Waals surface area contributed by atoms with Crippen LogP contribution in [0.3, 0.4) is 0 Å². The highest BCUT2D eigenvalue weighted by Crippen LogP contribution is 2.38. The molecule has 0 fully saturated rings. The molecule has 2 aromatic carbocycles. The van der Waals surface area contributed by atoms with Crippen molar-refractivity contribution in [3.63, 3.8) is 0 Å². The van der Waals surface area contributed by atoms with Crippen LogP contribution in [0.2, 0.25) is 5.02 Å². The van der Waals surface area contributed by atoms with Crippen molar-refractivity contribution in [1.29, 1.82) is 0 Å². The van der Waals surface area contributed by atoms with Gasteiger partial charge < -0.3 is 10.1 Å². The molecule has 0 aromatic heterocycles. The molecule has 3 rings (SSSR count). The van der Waals surface area contributed by atoms with Crippen molar-refractivity contribution in [1.82, 2.24) is 5.32 Å². The number of carbonyl (C=O) groups is 2. The first kappa shape index (κ1) is 19.1. The first-order valence-electron chi connectivity index (χ1n) is 8.54. The second kappa shape index (κ2) is 7.92. The van der Waals surface area contributed by atoms with E-state index in [0.29, 0.717) is 5.70 Å². The van der Waals surface area contributed by atoms with Crippen LogP contribution in [0.1, 0.15) is 36.0 Å². The number of aryl methyl sites for hydroxylation is 1. The summed E-state index contributed by atoms with van der Waals surface area (Å²) < 4.78 is 19.9. The van der Waals surface area contributed by atoms with Crippen LogP contribution in [0.25, 0.3) is 0 Å². The maximum absolute atomic E-state index is 14.4. The topological polar surface area (TPSA) is 55.4 Å². The normalized spacial score (nSPS) is 16.9. The van der Waals surface area contributed by atoms with Gasteiger partial charge in [0.1, 0.15) is 12.4 Å². The molecule has 4 nitrogen and oxygen atoms in total. The highest BCUT2D eigenvalue weighted by molar-refractivity contribution is 6.31. The van der Waals surface area contributed by atoms with Crippen molar-refractivity contribution in [2.24, 2.45) is 0 Å². The van der Waals surface area contributed by atoms with E-state index >= 15 is 0 Å². The molecule has 0 spiro atoms. The summed E-state index contributed by atoms with van der Waals surface area (Å²) in [4.78, 5) is 24.8. The summed E-state index contributed by atoms with van der Waals surface area (Å²) >= 11 is 6.17. The van der Waals surface area contributed by atoms with Crippen LogP contribution in [-0.4, -0.2) is 11.9 Å². The van der Waals surface area contributed by atoms with Crippen molar-refractivity contribution in [2.75, 3.05) is 0 Å². The minimum atomic E-state index is -0.794. The third kappa shape index (κ3) is 4.19. The van der Waals surface area contributed by atoms with E-state index in [2.05, 4.69) is 5.32 Å². The van der Waals surface area contributed by atoms with Gasteiger partial charge in [0.05, 0.1) is 5.57 Å². The zero-order valence-corrected chi connectivity index (χ0v) is 15.8. The minimum absolute atomic E-state index is 0.0764. The Morgan fingerprint density at radius 3 is 2.59 bits per heavy atom. The molecule has 1 heterocycles. The fraction of sp³-hybridized carbons (Fsp3) is 0.238. The fourth-order valence-electron chi connectivity index (χ4n) is 3.17. The molecule has 0 radical (unpaired) electrons. The van der Waals surface area contributed by atoms with E-state index in [1.54, 1.807) is 6.92 Å². The zero-order chi connectivity index (χ0) is 19.6. The van der Waals surface area contributed by atoms with E-state index < -0.39 is 17.7 Å². The SMILES string of the molecule is CC1=C(C(=O)OCc2ccc(C)cc2)C(c2c(F)cccc2Cl)CC(=O)N1. The maximum atomic E-state index is 14.4. The highest BCUT2D eigenvalue weighted by atomic mass is 35.5. The predicted molar refractivity (Wildman–Crippen MR) is 101 cm³/mol. The molecule has 2 aromatic rings. The van der Waals surface area contributed by atoms with Gasteiger partial charge in [-0.1, -0.05) is 47.5 Å². The van der Waals surface area contributed by atoms with Gasteiger partial charge in [-0.3, -0.25) is 4.79 Å². The summed E-state index contributed by atoms with van der Waals surface area (Å²) in [5, 5.41) is 2.80. The summed E-state index contributed by atoms with van der Waals surface area (Å²) in [7, 11) is 0. The van der Waals surface area contributed by atoms with Gasteiger partial charge in [-0.15, -0.1) is 0 Å². The van der Waals surface area contributed by atoms with Crippen molar-refractivity contribution in [3.05, 3.63) is 81.3 Å². The summed E-state index contributed by atoms with van der Waals surface area (Å²) in [6, 6.07) is 11.9. The van der Waals surface area contributed by atoms with Crippen LogP contribution in [0.15, 0.2) is 53.7 Å². The van der Waals surface area contributed by atoms with Crippen molar-refractivity contribution in [2.45, 2.75) is 32.8 Å². The summed E-state index contributed by atoms with van der Waals surface area (Å²) in [5.41, 5.74) is 2.65. The van der Waals surface area contributed by atoms with Gasteiger partial charge in [0, 0.05) is 28.6 Å². The second-order valence-electron chi connectivity index (χ2n) is 6.54. The standard InChI is InChI=1S/C21H19ClFNO3/c1-12-6-8-14(9-7-12)11-27-21(26)19-13(2)24-18(25)10-15(19)20-16(22)4-3-5-17(20)23/h3-9,15H,10-11H2,1-2H3,(H,24,25). The lowest BCUT2D eigenvalue weighted by Gasteiger charge is -2.27. The Balaban J connectivity index is 1.89. The highest BCUT2D eigenvalue weighted by Gasteiger charge is 2.35. The Kier molecular flexibility index (Phi) is 5.61. The van der Waals surface area contributed by atoms with Gasteiger partial charge >= 0.3 is 5.97 Å². The van der Waals surface area contributed by atoms with E-state index in [0.717, 1.165) is 11.1 Å². The van der Waals surface area contributed by atoms with E-state index in [1.165, 1.54) is 18.2 Å². The molecule has 0 saturated heterocycles. The van der Waals surface area contributed by atoms with Crippen molar-refractivity contribution >= 4 is 23.5 Å². The third-order valence-corrected chi connectivity index (χ3v) is 4.86. The van der Waals surface area contributed by atoms with Gasteiger partial charge in [0.25, 0.3) is 0 Å². The number of ether oxygens (including phenoxy) is 1. The zero-order valence-electron chi connectivity index (χ0n) is 15.0. The molecule has 27 heavy (non-hydrogen) atoms. The Labute approximate surface area is 162 Å². The Hall–Kier alpha value is -2.66. The van der Waals surface area contributed by atoms with Gasteiger partial charge in [0.15, 0.2) is 0 Å². The van der Waals surface area contributed by atoms with Crippen LogP contribution in [0.5, 0.6) is 0 Å². The van der Waals surface area contributed by atoms with Crippen LogP contribution in [0.4, 0.5) is 4.39 Å². The molecule has 1 amide bonds. The van der Waals surface area contributed by atoms with Crippen molar-refractivity contribution in [3.8, 4) is 0 Å². The Bertz CT molecular complexity index is 901. The molecule has 1 N–H and O–H groups in total. The number of nitrogens with one attached hydrogen (secondary N) is 1. The Morgan fingerprint density at radius 1 is 1.22 bits per heavy atom. The smallest absolute Gasteiger partial charge is 0.336 e. The molecule has 0 bridgehead atoms. The van der Waals surface area contributed by atoms with E-state index in [4.69, 9.17) is 16.3 Å². The number of benzene rings is 2. The average Bonchev–Trinajstić information content (AvgIpc) is 2.60. The maximum Gasteiger partial charge on any atom is 0.336 e. The van der Waals surface area contributed by atoms with E-state index in [1.807, 2.05) is 31.2 Å². The summed E-state index contributed by atoms with van der Waals surface area (Å²) in [6.07, 6.45) is -0.0764. The van der Waals surface area contributed by atoms with Gasteiger partial charge in [-0.25, -0.2) is 9.18 Å². The molecule has 140 valence electrons. The molecule has 1 aliphatic rings. The first-order valence-corrected chi connectivity index (χ1v) is 8.92. The number of hydrogen-bond donors (Lipinski definition) is 1. The second-order valence-corrected chi connectivity index (χ2v) is 6.95. The number of rotatable bonds is 4. The molecule has 6 heteroatoms. The Morgan fingerprint density at radius 2 is 1.93 bits per heavy atom. The largest absolute Gasteiger partial charge is 0.457 e. The lowest BCUT2D eigenvalue weighted by Crippen LogP contribution is -2.34.